The number of amides is 2. The SMILES string of the molecule is O=C1NC(=O)n2cc3nc4ccccc4c-3cc21. The lowest BCUT2D eigenvalue weighted by Crippen LogP contribution is -2.21. The van der Waals surface area contributed by atoms with Crippen molar-refractivity contribution in [3.05, 3.63) is 42.2 Å². The van der Waals surface area contributed by atoms with E-state index in [9.17, 15) is 9.59 Å². The second kappa shape index (κ2) is 2.95. The van der Waals surface area contributed by atoms with Crippen molar-refractivity contribution < 1.29 is 9.59 Å². The molecule has 0 fully saturated rings. The molecular weight excluding hydrogens is 230 g/mol. The van der Waals surface area contributed by atoms with Gasteiger partial charge in [0.15, 0.2) is 0 Å². The van der Waals surface area contributed by atoms with Gasteiger partial charge < -0.3 is 0 Å². The summed E-state index contributed by atoms with van der Waals surface area (Å²) in [7, 11) is 0. The van der Waals surface area contributed by atoms with E-state index in [1.165, 1.54) is 4.57 Å². The maximum absolute atomic E-state index is 11.6. The minimum absolute atomic E-state index is 0.352. The number of carbonyl (C=O) groups excluding carboxylic acids is 2. The number of nitrogens with zero attached hydrogens (tertiary/aromatic N) is 2. The third-order valence-corrected chi connectivity index (χ3v) is 3.17. The summed E-state index contributed by atoms with van der Waals surface area (Å²) in [6.45, 7) is 0. The van der Waals surface area contributed by atoms with Crippen molar-refractivity contribution in [2.75, 3.05) is 0 Å². The van der Waals surface area contributed by atoms with Gasteiger partial charge in [-0.2, -0.15) is 0 Å². The first-order valence-corrected chi connectivity index (χ1v) is 5.50. The van der Waals surface area contributed by atoms with E-state index in [2.05, 4.69) is 10.3 Å². The first-order valence-electron chi connectivity index (χ1n) is 5.50. The first kappa shape index (κ1) is 9.35. The van der Waals surface area contributed by atoms with Crippen LogP contribution in [0.25, 0.3) is 22.2 Å². The van der Waals surface area contributed by atoms with Crippen LogP contribution in [0.5, 0.6) is 0 Å². The Morgan fingerprint density at radius 1 is 1.17 bits per heavy atom. The summed E-state index contributed by atoms with van der Waals surface area (Å²) >= 11 is 0. The van der Waals surface area contributed by atoms with Gasteiger partial charge in [0, 0.05) is 17.1 Å². The Balaban J connectivity index is 2.16. The van der Waals surface area contributed by atoms with Crippen molar-refractivity contribution >= 4 is 22.8 Å². The van der Waals surface area contributed by atoms with Crippen molar-refractivity contribution in [2.24, 2.45) is 0 Å². The molecule has 1 aromatic rings. The quantitative estimate of drug-likeness (QED) is 0.649. The fourth-order valence-corrected chi connectivity index (χ4v) is 2.34. The predicted octanol–water partition coefficient (Wildman–Crippen LogP) is 1.85. The molecule has 4 rings (SSSR count). The molecule has 0 atom stereocenters. The van der Waals surface area contributed by atoms with Crippen LogP contribution in [-0.4, -0.2) is 21.5 Å². The summed E-state index contributed by atoms with van der Waals surface area (Å²) in [5, 5.41) is 3.24. The number of imide groups is 1. The van der Waals surface area contributed by atoms with Crippen LogP contribution in [0.3, 0.4) is 0 Å². The van der Waals surface area contributed by atoms with Crippen LogP contribution in [0, 0.1) is 0 Å². The highest BCUT2D eigenvalue weighted by molar-refractivity contribution is 6.13. The molecule has 1 aromatic carbocycles. The zero-order chi connectivity index (χ0) is 12.3. The van der Waals surface area contributed by atoms with Gasteiger partial charge in [-0.05, 0) is 12.1 Å². The Morgan fingerprint density at radius 2 is 2.00 bits per heavy atom. The van der Waals surface area contributed by atoms with Crippen molar-refractivity contribution in [2.45, 2.75) is 0 Å². The van der Waals surface area contributed by atoms with E-state index in [-0.39, 0.29) is 5.91 Å². The minimum Gasteiger partial charge on any atom is -0.272 e. The van der Waals surface area contributed by atoms with E-state index in [0.29, 0.717) is 11.4 Å². The molecule has 0 unspecified atom stereocenters. The maximum Gasteiger partial charge on any atom is 0.333 e. The largest absolute Gasteiger partial charge is 0.333 e. The van der Waals surface area contributed by atoms with E-state index in [0.717, 1.165) is 16.5 Å². The summed E-state index contributed by atoms with van der Waals surface area (Å²) in [4.78, 5) is 27.6. The Bertz CT molecular complexity index is 803. The third-order valence-electron chi connectivity index (χ3n) is 3.17. The number of nitrogens with one attached hydrogen (secondary N) is 1. The second-order valence-electron chi connectivity index (χ2n) is 4.22. The summed E-state index contributed by atoms with van der Waals surface area (Å²) in [5.41, 5.74) is 2.82. The molecule has 0 bridgehead atoms. The minimum atomic E-state index is -0.427. The highest BCUT2D eigenvalue weighted by Crippen LogP contribution is 2.32. The van der Waals surface area contributed by atoms with Crippen LogP contribution >= 0.6 is 0 Å². The molecular formula is C13H7N3O2. The van der Waals surface area contributed by atoms with Crippen molar-refractivity contribution in [3.63, 3.8) is 0 Å². The number of aromatic nitrogens is 2. The molecule has 86 valence electrons. The smallest absolute Gasteiger partial charge is 0.272 e. The summed E-state index contributed by atoms with van der Waals surface area (Å²) in [5.74, 6) is -0.368. The number of benzene rings is 1. The molecule has 2 amide bonds. The number of fused-ring (bicyclic) bond motifs is 4. The number of carbonyl (C=O) groups is 2. The first-order chi connectivity index (χ1) is 8.74. The van der Waals surface area contributed by atoms with Gasteiger partial charge in [-0.1, -0.05) is 18.2 Å². The molecule has 3 aliphatic heterocycles. The van der Waals surface area contributed by atoms with E-state index in [1.54, 1.807) is 12.3 Å². The predicted molar refractivity (Wildman–Crippen MR) is 64.6 cm³/mol. The molecule has 3 heterocycles. The number of para-hydroxylation sites is 1. The number of hydrogen-bond acceptors (Lipinski definition) is 3. The highest BCUT2D eigenvalue weighted by Gasteiger charge is 2.28. The summed E-state index contributed by atoms with van der Waals surface area (Å²) in [6, 6.07) is 8.99. The average Bonchev–Trinajstić information content (AvgIpc) is 2.86. The normalized spacial score (nSPS) is 14.2. The molecule has 5 nitrogen and oxygen atoms in total. The summed E-state index contributed by atoms with van der Waals surface area (Å²) in [6.07, 6.45) is 1.60. The fraction of sp³-hybridized carbons (Fsp3) is 0. The van der Waals surface area contributed by atoms with E-state index >= 15 is 0 Å². The molecule has 0 saturated carbocycles. The fourth-order valence-electron chi connectivity index (χ4n) is 2.34. The van der Waals surface area contributed by atoms with Crippen LogP contribution in [0.4, 0.5) is 4.79 Å². The Kier molecular flexibility index (Phi) is 1.53. The van der Waals surface area contributed by atoms with Crippen LogP contribution in [-0.2, 0) is 0 Å². The Morgan fingerprint density at radius 3 is 2.89 bits per heavy atom. The van der Waals surface area contributed by atoms with Gasteiger partial charge in [-0.25, -0.2) is 9.78 Å². The average molecular weight is 237 g/mol. The maximum atomic E-state index is 11.6. The lowest BCUT2D eigenvalue weighted by molar-refractivity contribution is 0.0976. The van der Waals surface area contributed by atoms with Gasteiger partial charge in [-0.3, -0.25) is 14.7 Å². The van der Waals surface area contributed by atoms with E-state index in [4.69, 9.17) is 0 Å². The lowest BCUT2D eigenvalue weighted by atomic mass is 10.1. The molecule has 0 aliphatic carbocycles. The van der Waals surface area contributed by atoms with Gasteiger partial charge in [0.1, 0.15) is 5.69 Å². The van der Waals surface area contributed by atoms with Crippen LogP contribution in [0.1, 0.15) is 10.5 Å². The number of hydrogen-bond donors (Lipinski definition) is 1. The van der Waals surface area contributed by atoms with Crippen molar-refractivity contribution in [3.8, 4) is 11.3 Å². The monoisotopic (exact) mass is 237 g/mol. The molecule has 0 saturated heterocycles. The van der Waals surface area contributed by atoms with Gasteiger partial charge in [0.05, 0.1) is 11.2 Å². The number of rotatable bonds is 0. The van der Waals surface area contributed by atoms with Crippen LogP contribution < -0.4 is 5.32 Å². The lowest BCUT2D eigenvalue weighted by Gasteiger charge is -2.03. The molecule has 5 heteroatoms. The second-order valence-corrected chi connectivity index (χ2v) is 4.22. The zero-order valence-corrected chi connectivity index (χ0v) is 9.18. The van der Waals surface area contributed by atoms with Crippen molar-refractivity contribution in [1.29, 1.82) is 0 Å². The Hall–Kier alpha value is -2.69. The molecule has 1 N–H and O–H groups in total. The van der Waals surface area contributed by atoms with E-state index < -0.39 is 6.03 Å². The van der Waals surface area contributed by atoms with E-state index in [1.807, 2.05) is 24.3 Å². The van der Waals surface area contributed by atoms with Crippen LogP contribution in [0.2, 0.25) is 0 Å². The topological polar surface area (TPSA) is 64.0 Å². The standard InChI is InChI=1S/C13H7N3O2/c17-12-11-5-8-7-3-1-2-4-9(7)14-10(8)6-16(11)13(18)15-12/h1-6H,(H,15,17,18). The molecule has 3 aliphatic rings. The van der Waals surface area contributed by atoms with Gasteiger partial charge in [0.2, 0.25) is 0 Å². The molecule has 0 spiro atoms. The van der Waals surface area contributed by atoms with Gasteiger partial charge >= 0.3 is 6.03 Å². The number of pyridine rings is 1. The molecule has 18 heavy (non-hydrogen) atoms. The highest BCUT2D eigenvalue weighted by atomic mass is 16.2. The molecule has 0 aromatic heterocycles. The zero-order valence-electron chi connectivity index (χ0n) is 9.18. The van der Waals surface area contributed by atoms with Crippen molar-refractivity contribution in [1.82, 2.24) is 14.9 Å². The molecule has 0 radical (unpaired) electrons. The Labute approximate surface area is 101 Å². The third kappa shape index (κ3) is 1.03. The van der Waals surface area contributed by atoms with Crippen LogP contribution in [0.15, 0.2) is 36.5 Å². The van der Waals surface area contributed by atoms with Gasteiger partial charge in [0.25, 0.3) is 5.91 Å². The van der Waals surface area contributed by atoms with Gasteiger partial charge in [-0.15, -0.1) is 0 Å². The summed E-state index contributed by atoms with van der Waals surface area (Å²) < 4.78 is 1.30.